The highest BCUT2D eigenvalue weighted by molar-refractivity contribution is 9.10. The van der Waals surface area contributed by atoms with Crippen molar-refractivity contribution in [3.63, 3.8) is 0 Å². The molecule has 0 atom stereocenters. The highest BCUT2D eigenvalue weighted by atomic mass is 79.9. The Balaban J connectivity index is 2.68. The van der Waals surface area contributed by atoms with Crippen molar-refractivity contribution in [2.75, 3.05) is 20.6 Å². The van der Waals surface area contributed by atoms with Crippen LogP contribution in [0.5, 0.6) is 0 Å². The summed E-state index contributed by atoms with van der Waals surface area (Å²) in [5.74, 6) is 3.33. The van der Waals surface area contributed by atoms with E-state index in [1.807, 2.05) is 30.1 Å². The van der Waals surface area contributed by atoms with Crippen LogP contribution in [-0.4, -0.2) is 31.5 Å². The van der Waals surface area contributed by atoms with Crippen LogP contribution >= 0.6 is 15.9 Å². The molecule has 0 aliphatic rings. The first kappa shape index (κ1) is 13.6. The lowest BCUT2D eigenvalue weighted by atomic mass is 10.2. The van der Waals surface area contributed by atoms with Gasteiger partial charge in [0.25, 0.3) is 0 Å². The fourth-order valence-electron chi connectivity index (χ4n) is 1.47. The number of nitrogens with one attached hydrogen (secondary N) is 1. The summed E-state index contributed by atoms with van der Waals surface area (Å²) in [5.41, 5.74) is 1.21. The first-order chi connectivity index (χ1) is 8.19. The van der Waals surface area contributed by atoms with Crippen molar-refractivity contribution in [1.82, 2.24) is 10.2 Å². The maximum absolute atomic E-state index is 5.21. The molecule has 0 aromatic heterocycles. The van der Waals surface area contributed by atoms with Gasteiger partial charge in [0.15, 0.2) is 5.96 Å². The van der Waals surface area contributed by atoms with Gasteiger partial charge in [0, 0.05) is 25.1 Å². The summed E-state index contributed by atoms with van der Waals surface area (Å²) in [6, 6.07) is 8.13. The van der Waals surface area contributed by atoms with Crippen molar-refractivity contribution in [1.29, 1.82) is 0 Å². The molecular weight excluding hydrogens is 278 g/mol. The average Bonchev–Trinajstić information content (AvgIpc) is 2.33. The van der Waals surface area contributed by atoms with Crippen LogP contribution in [-0.2, 0) is 6.54 Å². The number of halogens is 1. The standard InChI is InChI=1S/C13H16BrN3/c1-4-9-16-13(15-2)17(3)10-11-7-5-6-8-12(11)14/h1,5-8H,9-10H2,2-3H3,(H,15,16). The second-order valence-corrected chi connectivity index (χ2v) is 4.41. The quantitative estimate of drug-likeness (QED) is 0.525. The topological polar surface area (TPSA) is 27.6 Å². The first-order valence-electron chi connectivity index (χ1n) is 5.27. The molecule has 1 N–H and O–H groups in total. The number of nitrogens with zero attached hydrogens (tertiary/aromatic N) is 2. The monoisotopic (exact) mass is 293 g/mol. The minimum atomic E-state index is 0.479. The summed E-state index contributed by atoms with van der Waals surface area (Å²) in [4.78, 5) is 6.20. The molecule has 0 heterocycles. The zero-order chi connectivity index (χ0) is 12.7. The molecule has 0 saturated carbocycles. The number of terminal acetylenes is 1. The molecule has 1 aromatic carbocycles. The number of hydrogen-bond acceptors (Lipinski definition) is 1. The van der Waals surface area contributed by atoms with E-state index in [1.165, 1.54) is 5.56 Å². The smallest absolute Gasteiger partial charge is 0.194 e. The lowest BCUT2D eigenvalue weighted by Gasteiger charge is -2.21. The van der Waals surface area contributed by atoms with Gasteiger partial charge in [-0.15, -0.1) is 6.42 Å². The Labute approximate surface area is 111 Å². The van der Waals surface area contributed by atoms with E-state index >= 15 is 0 Å². The molecule has 0 aliphatic heterocycles. The summed E-state index contributed by atoms with van der Waals surface area (Å²) < 4.78 is 1.10. The summed E-state index contributed by atoms with van der Waals surface area (Å²) in [6.45, 7) is 1.25. The second-order valence-electron chi connectivity index (χ2n) is 3.55. The average molecular weight is 294 g/mol. The van der Waals surface area contributed by atoms with Crippen LogP contribution in [0, 0.1) is 12.3 Å². The van der Waals surface area contributed by atoms with Gasteiger partial charge in [-0.05, 0) is 11.6 Å². The molecular formula is C13H16BrN3. The highest BCUT2D eigenvalue weighted by Gasteiger charge is 2.07. The van der Waals surface area contributed by atoms with Crippen molar-refractivity contribution in [2.24, 2.45) is 4.99 Å². The predicted molar refractivity (Wildman–Crippen MR) is 75.8 cm³/mol. The molecule has 90 valence electrons. The molecule has 0 spiro atoms. The van der Waals surface area contributed by atoms with E-state index in [9.17, 15) is 0 Å². The molecule has 0 amide bonds. The normalized spacial score (nSPS) is 10.8. The number of rotatable bonds is 3. The largest absolute Gasteiger partial charge is 0.345 e. The van der Waals surface area contributed by atoms with Crippen LogP contribution in [0.1, 0.15) is 5.56 Å². The van der Waals surface area contributed by atoms with E-state index in [1.54, 1.807) is 7.05 Å². The third-order valence-electron chi connectivity index (χ3n) is 2.29. The number of aliphatic imine (C=N–C) groups is 1. The second kappa shape index (κ2) is 6.97. The van der Waals surface area contributed by atoms with Crippen molar-refractivity contribution in [3.05, 3.63) is 34.3 Å². The van der Waals surface area contributed by atoms with Crippen LogP contribution in [0.2, 0.25) is 0 Å². The van der Waals surface area contributed by atoms with Gasteiger partial charge in [0.1, 0.15) is 0 Å². The van der Waals surface area contributed by atoms with Crippen LogP contribution < -0.4 is 5.32 Å². The molecule has 1 rings (SSSR count). The molecule has 1 aromatic rings. The Morgan fingerprint density at radius 3 is 2.82 bits per heavy atom. The molecule has 0 fully saturated rings. The maximum atomic E-state index is 5.21. The van der Waals surface area contributed by atoms with Gasteiger partial charge >= 0.3 is 0 Å². The third kappa shape index (κ3) is 4.12. The lowest BCUT2D eigenvalue weighted by Crippen LogP contribution is -2.38. The summed E-state index contributed by atoms with van der Waals surface area (Å²) in [7, 11) is 3.72. The zero-order valence-electron chi connectivity index (χ0n) is 10.1. The van der Waals surface area contributed by atoms with Crippen molar-refractivity contribution >= 4 is 21.9 Å². The third-order valence-corrected chi connectivity index (χ3v) is 3.06. The Hall–Kier alpha value is -1.47. The number of hydrogen-bond donors (Lipinski definition) is 1. The highest BCUT2D eigenvalue weighted by Crippen LogP contribution is 2.17. The lowest BCUT2D eigenvalue weighted by molar-refractivity contribution is 0.480. The molecule has 4 heteroatoms. The van der Waals surface area contributed by atoms with Gasteiger partial charge in [-0.2, -0.15) is 0 Å². The SMILES string of the molecule is C#CCNC(=NC)N(C)Cc1ccccc1Br. The van der Waals surface area contributed by atoms with E-state index in [0.717, 1.165) is 17.0 Å². The molecule has 0 bridgehead atoms. The van der Waals surface area contributed by atoms with Gasteiger partial charge in [0.05, 0.1) is 6.54 Å². The van der Waals surface area contributed by atoms with Gasteiger partial charge in [-0.25, -0.2) is 0 Å². The van der Waals surface area contributed by atoms with Crippen LogP contribution in [0.25, 0.3) is 0 Å². The van der Waals surface area contributed by atoms with Gasteiger partial charge in [-0.3, -0.25) is 4.99 Å². The van der Waals surface area contributed by atoms with E-state index in [4.69, 9.17) is 6.42 Å². The minimum Gasteiger partial charge on any atom is -0.345 e. The van der Waals surface area contributed by atoms with Crippen molar-refractivity contribution < 1.29 is 0 Å². The Bertz CT molecular complexity index is 435. The van der Waals surface area contributed by atoms with Gasteiger partial charge in [-0.1, -0.05) is 40.0 Å². The van der Waals surface area contributed by atoms with Gasteiger partial charge < -0.3 is 10.2 Å². The molecule has 0 radical (unpaired) electrons. The molecule has 0 aliphatic carbocycles. The van der Waals surface area contributed by atoms with Gasteiger partial charge in [0.2, 0.25) is 0 Å². The summed E-state index contributed by atoms with van der Waals surface area (Å²) >= 11 is 3.53. The Morgan fingerprint density at radius 1 is 1.53 bits per heavy atom. The molecule has 0 unspecified atom stereocenters. The predicted octanol–water partition coefficient (Wildman–Crippen LogP) is 2.09. The van der Waals surface area contributed by atoms with Crippen LogP contribution in [0.15, 0.2) is 33.7 Å². The fraction of sp³-hybridized carbons (Fsp3) is 0.308. The summed E-state index contributed by atoms with van der Waals surface area (Å²) in [5, 5.41) is 3.08. The van der Waals surface area contributed by atoms with Crippen molar-refractivity contribution in [3.8, 4) is 12.3 Å². The molecule has 3 nitrogen and oxygen atoms in total. The van der Waals surface area contributed by atoms with Crippen molar-refractivity contribution in [2.45, 2.75) is 6.54 Å². The Morgan fingerprint density at radius 2 is 2.24 bits per heavy atom. The summed E-state index contributed by atoms with van der Waals surface area (Å²) in [6.07, 6.45) is 5.21. The maximum Gasteiger partial charge on any atom is 0.194 e. The fourth-order valence-corrected chi connectivity index (χ4v) is 1.88. The van der Waals surface area contributed by atoms with E-state index in [0.29, 0.717) is 6.54 Å². The van der Waals surface area contributed by atoms with Crippen LogP contribution in [0.3, 0.4) is 0 Å². The number of benzene rings is 1. The van der Waals surface area contributed by atoms with E-state index in [-0.39, 0.29) is 0 Å². The van der Waals surface area contributed by atoms with E-state index in [2.05, 4.69) is 38.2 Å². The minimum absolute atomic E-state index is 0.479. The zero-order valence-corrected chi connectivity index (χ0v) is 11.7. The molecule has 17 heavy (non-hydrogen) atoms. The van der Waals surface area contributed by atoms with E-state index < -0.39 is 0 Å². The number of guanidine groups is 1. The molecule has 0 saturated heterocycles. The first-order valence-corrected chi connectivity index (χ1v) is 6.07. The van der Waals surface area contributed by atoms with Crippen LogP contribution in [0.4, 0.5) is 0 Å². The Kier molecular flexibility index (Phi) is 5.58.